The maximum Gasteiger partial charge on any atom is 0.270 e. The summed E-state index contributed by atoms with van der Waals surface area (Å²) in [5.74, 6) is -4.55. The fourth-order valence-corrected chi connectivity index (χ4v) is 2.16. The van der Waals surface area contributed by atoms with Crippen LogP contribution in [0, 0.1) is 11.8 Å². The maximum absolute atomic E-state index is 13.8. The number of nitrogens with zero attached hydrogens (tertiary/aromatic N) is 1. The summed E-state index contributed by atoms with van der Waals surface area (Å²) in [6.07, 6.45) is 0.280. The summed E-state index contributed by atoms with van der Waals surface area (Å²) in [6.45, 7) is 7.49. The molecule has 2 nitrogen and oxygen atoms in total. The Balaban J connectivity index is 2.74. The van der Waals surface area contributed by atoms with Crippen LogP contribution in [-0.2, 0) is 4.79 Å². The first-order chi connectivity index (χ1) is 7.25. The average molecular weight is 233 g/mol. The molecule has 0 spiro atoms. The van der Waals surface area contributed by atoms with E-state index in [0.29, 0.717) is 6.54 Å². The number of alkyl halides is 2. The van der Waals surface area contributed by atoms with Gasteiger partial charge < -0.3 is 0 Å². The Morgan fingerprint density at radius 3 is 2.25 bits per heavy atom. The molecular formula is C12H21F2NO. The highest BCUT2D eigenvalue weighted by Crippen LogP contribution is 2.35. The number of carbonyl (C=O) groups is 1. The maximum atomic E-state index is 13.8. The molecule has 1 atom stereocenters. The number of rotatable bonds is 3. The summed E-state index contributed by atoms with van der Waals surface area (Å²) in [7, 11) is 0. The number of likely N-dealkylation sites (tertiary alicyclic amines) is 1. The Kier molecular flexibility index (Phi) is 4.05. The van der Waals surface area contributed by atoms with Gasteiger partial charge in [-0.05, 0) is 26.8 Å². The van der Waals surface area contributed by atoms with Crippen molar-refractivity contribution in [2.24, 2.45) is 11.8 Å². The fourth-order valence-electron chi connectivity index (χ4n) is 2.16. The van der Waals surface area contributed by atoms with Gasteiger partial charge in [-0.25, -0.2) is 8.78 Å². The van der Waals surface area contributed by atoms with Gasteiger partial charge in [-0.2, -0.15) is 0 Å². The molecule has 1 fully saturated rings. The third-order valence-corrected chi connectivity index (χ3v) is 3.27. The smallest absolute Gasteiger partial charge is 0.270 e. The van der Waals surface area contributed by atoms with Crippen LogP contribution in [0.15, 0.2) is 0 Å². The van der Waals surface area contributed by atoms with E-state index in [1.807, 2.05) is 13.8 Å². The van der Waals surface area contributed by atoms with Crippen LogP contribution in [0.4, 0.5) is 8.78 Å². The summed E-state index contributed by atoms with van der Waals surface area (Å²) in [5.41, 5.74) is 0. The molecule has 1 aliphatic heterocycles. The number of hydrogen-bond donors (Lipinski definition) is 0. The van der Waals surface area contributed by atoms with E-state index in [9.17, 15) is 13.6 Å². The standard InChI is InChI=1S/C12H21F2NO/c1-8(2)11(16)10-5-6-15(9(3)4)7-12(10,13)14/h8-10H,5-7H2,1-4H3. The van der Waals surface area contributed by atoms with Crippen LogP contribution in [0.5, 0.6) is 0 Å². The number of ketones is 1. The minimum Gasteiger partial charge on any atom is -0.299 e. The molecule has 1 heterocycles. The third kappa shape index (κ3) is 2.78. The molecule has 94 valence electrons. The summed E-state index contributed by atoms with van der Waals surface area (Å²) in [6, 6.07) is 0.112. The molecule has 1 aliphatic rings. The van der Waals surface area contributed by atoms with Crippen molar-refractivity contribution in [2.75, 3.05) is 13.1 Å². The van der Waals surface area contributed by atoms with Crippen LogP contribution in [-0.4, -0.2) is 35.7 Å². The molecule has 0 aromatic heterocycles. The van der Waals surface area contributed by atoms with Crippen LogP contribution in [0.2, 0.25) is 0 Å². The molecule has 0 amide bonds. The van der Waals surface area contributed by atoms with Crippen molar-refractivity contribution in [1.82, 2.24) is 4.90 Å². The van der Waals surface area contributed by atoms with E-state index in [-0.39, 0.29) is 30.7 Å². The lowest BCUT2D eigenvalue weighted by Gasteiger charge is -2.40. The van der Waals surface area contributed by atoms with Crippen LogP contribution < -0.4 is 0 Å². The Bertz CT molecular complexity index is 264. The van der Waals surface area contributed by atoms with Gasteiger partial charge in [-0.3, -0.25) is 9.69 Å². The average Bonchev–Trinajstić information content (AvgIpc) is 2.14. The Labute approximate surface area is 96.0 Å². The van der Waals surface area contributed by atoms with E-state index in [0.717, 1.165) is 0 Å². The Hall–Kier alpha value is -0.510. The molecule has 1 saturated heterocycles. The van der Waals surface area contributed by atoms with Crippen molar-refractivity contribution in [2.45, 2.75) is 46.1 Å². The molecule has 0 saturated carbocycles. The third-order valence-electron chi connectivity index (χ3n) is 3.27. The van der Waals surface area contributed by atoms with Gasteiger partial charge in [0.1, 0.15) is 5.78 Å². The van der Waals surface area contributed by atoms with Gasteiger partial charge in [0, 0.05) is 12.0 Å². The number of Topliss-reactive ketones (excluding diaryl/α,β-unsaturated/α-hetero) is 1. The van der Waals surface area contributed by atoms with Gasteiger partial charge >= 0.3 is 0 Å². The topological polar surface area (TPSA) is 20.3 Å². The molecule has 0 aliphatic carbocycles. The lowest BCUT2D eigenvalue weighted by molar-refractivity contribution is -0.153. The van der Waals surface area contributed by atoms with E-state index in [1.54, 1.807) is 18.7 Å². The minimum atomic E-state index is -2.87. The Morgan fingerprint density at radius 1 is 1.31 bits per heavy atom. The van der Waals surface area contributed by atoms with Gasteiger partial charge in [-0.15, -0.1) is 0 Å². The molecule has 16 heavy (non-hydrogen) atoms. The van der Waals surface area contributed by atoms with Crippen LogP contribution in [0.3, 0.4) is 0 Å². The lowest BCUT2D eigenvalue weighted by atomic mass is 9.84. The number of carbonyl (C=O) groups excluding carboxylic acids is 1. The zero-order chi connectivity index (χ0) is 12.5. The number of piperidine rings is 1. The molecular weight excluding hydrogens is 212 g/mol. The van der Waals surface area contributed by atoms with Crippen LogP contribution >= 0.6 is 0 Å². The molecule has 0 aromatic carbocycles. The molecule has 0 aromatic rings. The van der Waals surface area contributed by atoms with Crippen molar-refractivity contribution in [3.05, 3.63) is 0 Å². The predicted molar refractivity (Wildman–Crippen MR) is 59.6 cm³/mol. The van der Waals surface area contributed by atoms with Crippen molar-refractivity contribution < 1.29 is 13.6 Å². The van der Waals surface area contributed by atoms with E-state index in [1.165, 1.54) is 0 Å². The van der Waals surface area contributed by atoms with Crippen LogP contribution in [0.25, 0.3) is 0 Å². The first-order valence-corrected chi connectivity index (χ1v) is 5.91. The van der Waals surface area contributed by atoms with Crippen LogP contribution in [0.1, 0.15) is 34.1 Å². The molecule has 4 heteroatoms. The molecule has 0 radical (unpaired) electrons. The van der Waals surface area contributed by atoms with Crippen molar-refractivity contribution in [3.8, 4) is 0 Å². The lowest BCUT2D eigenvalue weighted by Crippen LogP contribution is -2.53. The zero-order valence-corrected chi connectivity index (χ0v) is 10.5. The first-order valence-electron chi connectivity index (χ1n) is 5.91. The monoisotopic (exact) mass is 233 g/mol. The second-order valence-corrected chi connectivity index (χ2v) is 5.22. The highest BCUT2D eigenvalue weighted by Gasteiger charge is 2.48. The van der Waals surface area contributed by atoms with E-state index in [2.05, 4.69) is 0 Å². The number of halogens is 2. The van der Waals surface area contributed by atoms with E-state index >= 15 is 0 Å². The second-order valence-electron chi connectivity index (χ2n) is 5.22. The molecule has 0 bridgehead atoms. The zero-order valence-electron chi connectivity index (χ0n) is 10.5. The van der Waals surface area contributed by atoms with Gasteiger partial charge in [0.05, 0.1) is 12.5 Å². The normalized spacial score (nSPS) is 26.4. The van der Waals surface area contributed by atoms with E-state index in [4.69, 9.17) is 0 Å². The molecule has 1 rings (SSSR count). The van der Waals surface area contributed by atoms with Gasteiger partial charge in [-0.1, -0.05) is 13.8 Å². The highest BCUT2D eigenvalue weighted by molar-refractivity contribution is 5.83. The van der Waals surface area contributed by atoms with Gasteiger partial charge in [0.2, 0.25) is 0 Å². The van der Waals surface area contributed by atoms with Crippen molar-refractivity contribution in [1.29, 1.82) is 0 Å². The molecule has 1 unspecified atom stereocenters. The van der Waals surface area contributed by atoms with E-state index < -0.39 is 11.8 Å². The second kappa shape index (κ2) is 4.78. The quantitative estimate of drug-likeness (QED) is 0.746. The fraction of sp³-hybridized carbons (Fsp3) is 0.917. The SMILES string of the molecule is CC(C)C(=O)C1CCN(C(C)C)CC1(F)F. The Morgan fingerprint density at radius 2 is 1.88 bits per heavy atom. The summed E-state index contributed by atoms with van der Waals surface area (Å²) in [5, 5.41) is 0. The van der Waals surface area contributed by atoms with Gasteiger partial charge in [0.15, 0.2) is 0 Å². The summed E-state index contributed by atoms with van der Waals surface area (Å²) < 4.78 is 27.7. The molecule has 0 N–H and O–H groups in total. The minimum absolute atomic E-state index is 0.112. The van der Waals surface area contributed by atoms with Gasteiger partial charge in [0.25, 0.3) is 5.92 Å². The van der Waals surface area contributed by atoms with Crippen molar-refractivity contribution in [3.63, 3.8) is 0 Å². The predicted octanol–water partition coefficient (Wildman–Crippen LogP) is 2.58. The van der Waals surface area contributed by atoms with Crippen molar-refractivity contribution >= 4 is 5.78 Å². The summed E-state index contributed by atoms with van der Waals surface area (Å²) >= 11 is 0. The summed E-state index contributed by atoms with van der Waals surface area (Å²) in [4.78, 5) is 13.4. The number of hydrogen-bond acceptors (Lipinski definition) is 2. The highest BCUT2D eigenvalue weighted by atomic mass is 19.3. The first kappa shape index (κ1) is 13.6. The largest absolute Gasteiger partial charge is 0.299 e.